The Morgan fingerprint density at radius 3 is 2.53 bits per heavy atom. The highest BCUT2D eigenvalue weighted by Gasteiger charge is 2.45. The van der Waals surface area contributed by atoms with Crippen molar-refractivity contribution in [3.63, 3.8) is 0 Å². The van der Waals surface area contributed by atoms with Crippen LogP contribution in [0.1, 0.15) is 18.4 Å². The van der Waals surface area contributed by atoms with Crippen molar-refractivity contribution in [3.05, 3.63) is 22.2 Å². The molecule has 1 saturated carbocycles. The molecule has 0 bridgehead atoms. The van der Waals surface area contributed by atoms with Gasteiger partial charge in [0.25, 0.3) is 0 Å². The van der Waals surface area contributed by atoms with Crippen molar-refractivity contribution in [2.75, 3.05) is 13.4 Å². The first kappa shape index (κ1) is 9.48. The molecule has 0 aromatic heterocycles. The Bertz CT molecular complexity index is 413. The molecule has 0 unspecified atom stereocenters. The standard InChI is InChI=1S/C11H11BrO3/c12-8-4-10-9(14-6-15-10)3-7(8)11(5-13)1-2-11/h3-4,13H,1-2,5-6H2. The van der Waals surface area contributed by atoms with Gasteiger partial charge in [-0.3, -0.25) is 0 Å². The van der Waals surface area contributed by atoms with Crippen LogP contribution in [0, 0.1) is 0 Å². The third kappa shape index (κ3) is 1.35. The van der Waals surface area contributed by atoms with E-state index in [-0.39, 0.29) is 18.8 Å². The van der Waals surface area contributed by atoms with Crippen molar-refractivity contribution in [3.8, 4) is 11.5 Å². The zero-order valence-electron chi connectivity index (χ0n) is 8.12. The highest BCUT2D eigenvalue weighted by molar-refractivity contribution is 9.10. The molecule has 1 aliphatic heterocycles. The first-order chi connectivity index (χ1) is 7.25. The molecule has 3 rings (SSSR count). The van der Waals surface area contributed by atoms with Crippen LogP contribution in [0.25, 0.3) is 0 Å². The summed E-state index contributed by atoms with van der Waals surface area (Å²) >= 11 is 3.52. The van der Waals surface area contributed by atoms with E-state index in [0.29, 0.717) is 0 Å². The van der Waals surface area contributed by atoms with E-state index in [1.54, 1.807) is 0 Å². The minimum Gasteiger partial charge on any atom is -0.454 e. The topological polar surface area (TPSA) is 38.7 Å². The molecule has 3 nitrogen and oxygen atoms in total. The number of rotatable bonds is 2. The number of halogens is 1. The van der Waals surface area contributed by atoms with E-state index in [0.717, 1.165) is 34.4 Å². The molecule has 4 heteroatoms. The highest BCUT2D eigenvalue weighted by atomic mass is 79.9. The Morgan fingerprint density at radius 2 is 1.93 bits per heavy atom. The lowest BCUT2D eigenvalue weighted by Crippen LogP contribution is -2.12. The zero-order chi connectivity index (χ0) is 10.5. The fourth-order valence-electron chi connectivity index (χ4n) is 1.99. The van der Waals surface area contributed by atoms with Gasteiger partial charge in [-0.05, 0) is 30.5 Å². The summed E-state index contributed by atoms with van der Waals surface area (Å²) in [5.74, 6) is 1.56. The second-order valence-corrected chi connectivity index (χ2v) is 4.98. The molecule has 15 heavy (non-hydrogen) atoms. The fourth-order valence-corrected chi connectivity index (χ4v) is 2.73. The number of hydrogen-bond acceptors (Lipinski definition) is 3. The fraction of sp³-hybridized carbons (Fsp3) is 0.455. The number of fused-ring (bicyclic) bond motifs is 1. The maximum atomic E-state index is 9.39. The molecule has 1 heterocycles. The predicted octanol–water partition coefficient (Wildman–Crippen LogP) is 2.20. The molecular formula is C11H11BrO3. The maximum absolute atomic E-state index is 9.39. The Balaban J connectivity index is 2.09. The van der Waals surface area contributed by atoms with Crippen LogP contribution in [-0.4, -0.2) is 18.5 Å². The van der Waals surface area contributed by atoms with E-state index in [4.69, 9.17) is 9.47 Å². The van der Waals surface area contributed by atoms with E-state index in [2.05, 4.69) is 15.9 Å². The van der Waals surface area contributed by atoms with Crippen LogP contribution in [-0.2, 0) is 5.41 Å². The molecule has 0 spiro atoms. The molecular weight excluding hydrogens is 260 g/mol. The summed E-state index contributed by atoms with van der Waals surface area (Å²) in [6.07, 6.45) is 2.09. The van der Waals surface area contributed by atoms with E-state index in [9.17, 15) is 5.11 Å². The number of benzene rings is 1. The van der Waals surface area contributed by atoms with Crippen molar-refractivity contribution in [1.82, 2.24) is 0 Å². The lowest BCUT2D eigenvalue weighted by atomic mass is 9.96. The minimum absolute atomic E-state index is 0.0419. The number of aliphatic hydroxyl groups is 1. The van der Waals surface area contributed by atoms with Gasteiger partial charge in [0.1, 0.15) is 0 Å². The Kier molecular flexibility index (Phi) is 1.97. The summed E-state index contributed by atoms with van der Waals surface area (Å²) in [7, 11) is 0. The van der Waals surface area contributed by atoms with Crippen LogP contribution in [0.3, 0.4) is 0 Å². The third-order valence-electron chi connectivity index (χ3n) is 3.19. The van der Waals surface area contributed by atoms with Crippen LogP contribution in [0.2, 0.25) is 0 Å². The number of hydrogen-bond donors (Lipinski definition) is 1. The summed E-state index contributed by atoms with van der Waals surface area (Å²) in [4.78, 5) is 0. The van der Waals surface area contributed by atoms with Gasteiger partial charge in [-0.1, -0.05) is 15.9 Å². The molecule has 0 atom stereocenters. The second-order valence-electron chi connectivity index (χ2n) is 4.12. The molecule has 0 amide bonds. The number of aliphatic hydroxyl groups excluding tert-OH is 1. The van der Waals surface area contributed by atoms with Crippen molar-refractivity contribution in [1.29, 1.82) is 0 Å². The molecule has 1 fully saturated rings. The molecule has 2 aliphatic rings. The smallest absolute Gasteiger partial charge is 0.231 e. The summed E-state index contributed by atoms with van der Waals surface area (Å²) in [5, 5.41) is 9.39. The van der Waals surface area contributed by atoms with Crippen molar-refractivity contribution in [2.24, 2.45) is 0 Å². The van der Waals surface area contributed by atoms with Gasteiger partial charge in [-0.15, -0.1) is 0 Å². The Hall–Kier alpha value is -0.740. The number of ether oxygens (including phenoxy) is 2. The predicted molar refractivity (Wildman–Crippen MR) is 58.3 cm³/mol. The molecule has 1 aromatic rings. The van der Waals surface area contributed by atoms with Gasteiger partial charge >= 0.3 is 0 Å². The van der Waals surface area contributed by atoms with Crippen LogP contribution >= 0.6 is 15.9 Å². The average molecular weight is 271 g/mol. The van der Waals surface area contributed by atoms with Crippen molar-refractivity contribution < 1.29 is 14.6 Å². The van der Waals surface area contributed by atoms with Crippen molar-refractivity contribution >= 4 is 15.9 Å². The van der Waals surface area contributed by atoms with Gasteiger partial charge < -0.3 is 14.6 Å². The van der Waals surface area contributed by atoms with Gasteiger partial charge in [-0.25, -0.2) is 0 Å². The first-order valence-electron chi connectivity index (χ1n) is 4.96. The zero-order valence-corrected chi connectivity index (χ0v) is 9.71. The lowest BCUT2D eigenvalue weighted by Gasteiger charge is -2.14. The second kappa shape index (κ2) is 3.12. The Morgan fingerprint density at radius 1 is 1.27 bits per heavy atom. The van der Waals surface area contributed by atoms with Crippen LogP contribution in [0.4, 0.5) is 0 Å². The van der Waals surface area contributed by atoms with E-state index in [1.165, 1.54) is 0 Å². The van der Waals surface area contributed by atoms with Gasteiger partial charge in [0.2, 0.25) is 6.79 Å². The van der Waals surface area contributed by atoms with Gasteiger partial charge in [-0.2, -0.15) is 0 Å². The SMILES string of the molecule is OCC1(c2cc3c(cc2Br)OCO3)CC1. The summed E-state index contributed by atoms with van der Waals surface area (Å²) in [6.45, 7) is 0.489. The largest absolute Gasteiger partial charge is 0.454 e. The maximum Gasteiger partial charge on any atom is 0.231 e. The van der Waals surface area contributed by atoms with Gasteiger partial charge in [0.15, 0.2) is 11.5 Å². The first-order valence-corrected chi connectivity index (χ1v) is 5.75. The van der Waals surface area contributed by atoms with Crippen molar-refractivity contribution in [2.45, 2.75) is 18.3 Å². The molecule has 0 saturated heterocycles. The van der Waals surface area contributed by atoms with Gasteiger partial charge in [0.05, 0.1) is 6.61 Å². The van der Waals surface area contributed by atoms with Gasteiger partial charge in [0, 0.05) is 9.89 Å². The lowest BCUT2D eigenvalue weighted by molar-refractivity contribution is 0.174. The monoisotopic (exact) mass is 270 g/mol. The third-order valence-corrected chi connectivity index (χ3v) is 3.85. The molecule has 1 aromatic carbocycles. The molecule has 1 N–H and O–H groups in total. The average Bonchev–Trinajstić information content (AvgIpc) is 2.91. The summed E-state index contributed by atoms with van der Waals surface area (Å²) in [5.41, 5.74) is 1.09. The highest BCUT2D eigenvalue weighted by Crippen LogP contribution is 2.52. The quantitative estimate of drug-likeness (QED) is 0.896. The van der Waals surface area contributed by atoms with Crippen LogP contribution < -0.4 is 9.47 Å². The molecule has 1 aliphatic carbocycles. The Labute approximate surface area is 96.1 Å². The van der Waals surface area contributed by atoms with E-state index in [1.807, 2.05) is 12.1 Å². The normalized spacial score (nSPS) is 20.4. The van der Waals surface area contributed by atoms with Crippen LogP contribution in [0.5, 0.6) is 11.5 Å². The van der Waals surface area contributed by atoms with E-state index >= 15 is 0 Å². The van der Waals surface area contributed by atoms with Crippen LogP contribution in [0.15, 0.2) is 16.6 Å². The van der Waals surface area contributed by atoms with E-state index < -0.39 is 0 Å². The molecule has 0 radical (unpaired) electrons. The summed E-state index contributed by atoms with van der Waals surface area (Å²) < 4.78 is 11.6. The summed E-state index contributed by atoms with van der Waals surface area (Å²) in [6, 6.07) is 3.91. The minimum atomic E-state index is -0.0419. The molecule has 80 valence electrons.